The van der Waals surface area contributed by atoms with E-state index in [0.717, 1.165) is 14.8 Å². The molecule has 1 aromatic heterocycles. The summed E-state index contributed by atoms with van der Waals surface area (Å²) >= 11 is 7.95. The lowest BCUT2D eigenvalue weighted by Gasteiger charge is -2.10. The highest BCUT2D eigenvalue weighted by Gasteiger charge is 2.07. The van der Waals surface area contributed by atoms with Crippen LogP contribution in [0.5, 0.6) is 0 Å². The molecule has 1 aromatic carbocycles. The number of hydrogen-bond donors (Lipinski definition) is 1. The number of halogens is 3. The fourth-order valence-electron chi connectivity index (χ4n) is 1.27. The van der Waals surface area contributed by atoms with Gasteiger partial charge < -0.3 is 5.32 Å². The summed E-state index contributed by atoms with van der Waals surface area (Å²) in [6, 6.07) is 4.50. The highest BCUT2D eigenvalue weighted by atomic mass is 127. The van der Waals surface area contributed by atoms with E-state index in [1.807, 2.05) is 6.92 Å². The molecule has 0 saturated carbocycles. The Morgan fingerprint density at radius 3 is 2.82 bits per heavy atom. The summed E-state index contributed by atoms with van der Waals surface area (Å²) in [6.45, 7) is 1.82. The largest absolute Gasteiger partial charge is 0.339 e. The number of nitrogens with zero attached hydrogens (tertiary/aromatic N) is 2. The Balaban J connectivity index is 2.35. The van der Waals surface area contributed by atoms with E-state index in [1.165, 1.54) is 18.5 Å². The lowest BCUT2D eigenvalue weighted by Crippen LogP contribution is -1.99. The summed E-state index contributed by atoms with van der Waals surface area (Å²) in [6.07, 6.45) is 1.38. The summed E-state index contributed by atoms with van der Waals surface area (Å²) in [5, 5.41) is 3.50. The maximum absolute atomic E-state index is 13.0. The molecule has 1 heterocycles. The summed E-state index contributed by atoms with van der Waals surface area (Å²) in [4.78, 5) is 7.96. The van der Waals surface area contributed by atoms with E-state index in [1.54, 1.807) is 6.07 Å². The summed E-state index contributed by atoms with van der Waals surface area (Å²) in [5.74, 6) is 0.354. The summed E-state index contributed by atoms with van der Waals surface area (Å²) in [5.41, 5.74) is 1.54. The normalized spacial score (nSPS) is 10.4. The lowest BCUT2D eigenvalue weighted by atomic mass is 10.3. The Kier molecular flexibility index (Phi) is 3.78. The molecule has 0 bridgehead atoms. The van der Waals surface area contributed by atoms with Crippen LogP contribution in [0.2, 0.25) is 5.15 Å². The molecule has 2 rings (SSSR count). The minimum atomic E-state index is -0.266. The molecule has 0 fully saturated rings. The molecule has 0 radical (unpaired) electrons. The number of aromatic nitrogens is 2. The molecule has 3 nitrogen and oxygen atoms in total. The molecule has 0 spiro atoms. The van der Waals surface area contributed by atoms with Crippen LogP contribution >= 0.6 is 34.2 Å². The maximum Gasteiger partial charge on any atom is 0.138 e. The first kappa shape index (κ1) is 12.5. The van der Waals surface area contributed by atoms with Gasteiger partial charge in [0.15, 0.2) is 0 Å². The van der Waals surface area contributed by atoms with Gasteiger partial charge in [0.05, 0.1) is 5.69 Å². The predicted molar refractivity (Wildman–Crippen MR) is 74.2 cm³/mol. The summed E-state index contributed by atoms with van der Waals surface area (Å²) < 4.78 is 13.7. The molecule has 1 N–H and O–H groups in total. The van der Waals surface area contributed by atoms with Crippen molar-refractivity contribution in [2.45, 2.75) is 6.92 Å². The third-order valence-corrected chi connectivity index (χ3v) is 3.48. The van der Waals surface area contributed by atoms with E-state index in [-0.39, 0.29) is 5.82 Å². The fraction of sp³-hybridized carbons (Fsp3) is 0.0909. The molecule has 17 heavy (non-hydrogen) atoms. The van der Waals surface area contributed by atoms with Crippen LogP contribution in [0.3, 0.4) is 0 Å². The first-order valence-corrected chi connectivity index (χ1v) is 6.23. The molecule has 0 amide bonds. The van der Waals surface area contributed by atoms with Crippen molar-refractivity contribution in [2.24, 2.45) is 0 Å². The summed E-state index contributed by atoms with van der Waals surface area (Å²) in [7, 11) is 0. The molecule has 2 aromatic rings. The van der Waals surface area contributed by atoms with Crippen LogP contribution < -0.4 is 5.32 Å². The Hall–Kier alpha value is -0.950. The van der Waals surface area contributed by atoms with Gasteiger partial charge in [-0.2, -0.15) is 0 Å². The van der Waals surface area contributed by atoms with Gasteiger partial charge in [0.25, 0.3) is 0 Å². The van der Waals surface area contributed by atoms with Crippen LogP contribution in [0, 0.1) is 16.3 Å². The van der Waals surface area contributed by atoms with Crippen molar-refractivity contribution < 1.29 is 4.39 Å². The second kappa shape index (κ2) is 5.14. The van der Waals surface area contributed by atoms with Gasteiger partial charge in [-0.05, 0) is 47.7 Å². The number of nitrogens with one attached hydrogen (secondary N) is 1. The molecule has 0 aliphatic rings. The average molecular weight is 364 g/mol. The Labute approximate surface area is 117 Å². The SMILES string of the molecule is Cc1c(Cl)ncnc1Nc1ccc(F)cc1I. The van der Waals surface area contributed by atoms with Gasteiger partial charge >= 0.3 is 0 Å². The van der Waals surface area contributed by atoms with Crippen LogP contribution in [-0.2, 0) is 0 Å². The first-order chi connectivity index (χ1) is 8.08. The number of hydrogen-bond acceptors (Lipinski definition) is 3. The predicted octanol–water partition coefficient (Wildman–Crippen LogP) is 3.93. The van der Waals surface area contributed by atoms with Crippen LogP contribution in [0.4, 0.5) is 15.9 Å². The van der Waals surface area contributed by atoms with Gasteiger partial charge in [0.2, 0.25) is 0 Å². The number of benzene rings is 1. The monoisotopic (exact) mass is 363 g/mol. The average Bonchev–Trinajstić information content (AvgIpc) is 2.28. The second-order valence-electron chi connectivity index (χ2n) is 3.39. The van der Waals surface area contributed by atoms with Crippen molar-refractivity contribution in [1.82, 2.24) is 9.97 Å². The van der Waals surface area contributed by atoms with Gasteiger partial charge in [-0.15, -0.1) is 0 Å². The van der Waals surface area contributed by atoms with E-state index in [2.05, 4.69) is 37.9 Å². The molecular weight excluding hydrogens is 355 g/mol. The second-order valence-corrected chi connectivity index (χ2v) is 4.91. The molecule has 0 atom stereocenters. The van der Waals surface area contributed by atoms with Crippen LogP contribution in [0.15, 0.2) is 24.5 Å². The molecule has 0 aliphatic heterocycles. The highest BCUT2D eigenvalue weighted by molar-refractivity contribution is 14.1. The van der Waals surface area contributed by atoms with Crippen LogP contribution in [0.1, 0.15) is 5.56 Å². The van der Waals surface area contributed by atoms with E-state index in [4.69, 9.17) is 11.6 Å². The number of rotatable bonds is 2. The van der Waals surface area contributed by atoms with E-state index in [0.29, 0.717) is 11.0 Å². The van der Waals surface area contributed by atoms with Crippen molar-refractivity contribution in [1.29, 1.82) is 0 Å². The smallest absolute Gasteiger partial charge is 0.138 e. The molecule has 88 valence electrons. The molecular formula is C11H8ClFIN3. The Bertz CT molecular complexity index is 562. The zero-order chi connectivity index (χ0) is 12.4. The minimum Gasteiger partial charge on any atom is -0.339 e. The van der Waals surface area contributed by atoms with Gasteiger partial charge in [-0.1, -0.05) is 11.6 Å². The van der Waals surface area contributed by atoms with Crippen LogP contribution in [-0.4, -0.2) is 9.97 Å². The van der Waals surface area contributed by atoms with Crippen molar-refractivity contribution in [3.63, 3.8) is 0 Å². The molecule has 0 unspecified atom stereocenters. The van der Waals surface area contributed by atoms with Gasteiger partial charge in [0.1, 0.15) is 23.1 Å². The third-order valence-electron chi connectivity index (χ3n) is 2.21. The fourth-order valence-corrected chi connectivity index (χ4v) is 2.02. The van der Waals surface area contributed by atoms with Gasteiger partial charge in [-0.3, -0.25) is 0 Å². The van der Waals surface area contributed by atoms with Crippen molar-refractivity contribution >= 4 is 45.7 Å². The molecule has 0 aliphatic carbocycles. The Morgan fingerprint density at radius 2 is 2.12 bits per heavy atom. The van der Waals surface area contributed by atoms with Crippen molar-refractivity contribution in [3.8, 4) is 0 Å². The Morgan fingerprint density at radius 1 is 1.35 bits per heavy atom. The maximum atomic E-state index is 13.0. The van der Waals surface area contributed by atoms with E-state index in [9.17, 15) is 4.39 Å². The minimum absolute atomic E-state index is 0.266. The van der Waals surface area contributed by atoms with Crippen molar-refractivity contribution in [3.05, 3.63) is 44.6 Å². The lowest BCUT2D eigenvalue weighted by molar-refractivity contribution is 0.627. The van der Waals surface area contributed by atoms with E-state index >= 15 is 0 Å². The topological polar surface area (TPSA) is 37.8 Å². The number of anilines is 2. The third kappa shape index (κ3) is 2.84. The highest BCUT2D eigenvalue weighted by Crippen LogP contribution is 2.25. The zero-order valence-corrected chi connectivity index (χ0v) is 11.8. The van der Waals surface area contributed by atoms with Gasteiger partial charge in [-0.25, -0.2) is 14.4 Å². The first-order valence-electron chi connectivity index (χ1n) is 4.77. The van der Waals surface area contributed by atoms with Gasteiger partial charge in [0, 0.05) is 9.13 Å². The molecule has 0 saturated heterocycles. The quantitative estimate of drug-likeness (QED) is 0.649. The van der Waals surface area contributed by atoms with Crippen LogP contribution in [0.25, 0.3) is 0 Å². The standard InChI is InChI=1S/C11H8ClFIN3/c1-6-10(12)15-5-16-11(6)17-9-3-2-7(13)4-8(9)14/h2-5H,1H3,(H,15,16,17). The van der Waals surface area contributed by atoms with E-state index < -0.39 is 0 Å². The molecule has 6 heteroatoms. The van der Waals surface area contributed by atoms with Crippen molar-refractivity contribution in [2.75, 3.05) is 5.32 Å². The zero-order valence-electron chi connectivity index (χ0n) is 8.84.